The molecule has 0 saturated carbocycles. The molecule has 0 amide bonds. The Labute approximate surface area is 163 Å². The molecule has 0 spiro atoms. The number of para-hydroxylation sites is 1. The summed E-state index contributed by atoms with van der Waals surface area (Å²) in [5.41, 5.74) is 7.24. The molecule has 1 unspecified atom stereocenters. The van der Waals surface area contributed by atoms with E-state index in [0.717, 1.165) is 24.3 Å². The van der Waals surface area contributed by atoms with Crippen molar-refractivity contribution < 1.29 is 0 Å². The SMILES string of the molecule is CN1Cc2cc(-c3ccc(C#N)nn3)ccc2C(c2cc3ccccc3[nH]2)C1. The van der Waals surface area contributed by atoms with Crippen molar-refractivity contribution in [3.05, 3.63) is 83.2 Å². The van der Waals surface area contributed by atoms with Crippen LogP contribution in [0.25, 0.3) is 22.2 Å². The molecule has 0 bridgehead atoms. The first-order valence-corrected chi connectivity index (χ1v) is 9.34. The van der Waals surface area contributed by atoms with E-state index in [1.807, 2.05) is 12.1 Å². The highest BCUT2D eigenvalue weighted by Crippen LogP contribution is 2.35. The normalized spacial score (nSPS) is 16.6. The molecule has 1 aliphatic heterocycles. The van der Waals surface area contributed by atoms with Crippen LogP contribution >= 0.6 is 0 Å². The summed E-state index contributed by atoms with van der Waals surface area (Å²) in [7, 11) is 2.16. The van der Waals surface area contributed by atoms with Gasteiger partial charge in [-0.15, -0.1) is 10.2 Å². The molecule has 2 aromatic carbocycles. The molecular weight excluding hydrogens is 346 g/mol. The fourth-order valence-corrected chi connectivity index (χ4v) is 4.10. The van der Waals surface area contributed by atoms with Crippen LogP contribution in [0.1, 0.15) is 28.4 Å². The third-order valence-electron chi connectivity index (χ3n) is 5.45. The summed E-state index contributed by atoms with van der Waals surface area (Å²) >= 11 is 0. The predicted molar refractivity (Wildman–Crippen MR) is 109 cm³/mol. The number of nitriles is 1. The Balaban J connectivity index is 1.56. The number of fused-ring (bicyclic) bond motifs is 2. The Bertz CT molecular complexity index is 1170. The molecule has 28 heavy (non-hydrogen) atoms. The minimum Gasteiger partial charge on any atom is -0.358 e. The maximum atomic E-state index is 8.92. The Morgan fingerprint density at radius 2 is 1.96 bits per heavy atom. The fourth-order valence-electron chi connectivity index (χ4n) is 4.10. The zero-order valence-electron chi connectivity index (χ0n) is 15.6. The van der Waals surface area contributed by atoms with E-state index in [1.54, 1.807) is 6.07 Å². The molecule has 1 atom stereocenters. The molecule has 5 heteroatoms. The monoisotopic (exact) mass is 365 g/mol. The van der Waals surface area contributed by atoms with Crippen molar-refractivity contribution in [2.24, 2.45) is 0 Å². The van der Waals surface area contributed by atoms with E-state index < -0.39 is 0 Å². The lowest BCUT2D eigenvalue weighted by atomic mass is 9.86. The summed E-state index contributed by atoms with van der Waals surface area (Å²) < 4.78 is 0. The second-order valence-corrected chi connectivity index (χ2v) is 7.39. The lowest BCUT2D eigenvalue weighted by Gasteiger charge is -2.32. The highest BCUT2D eigenvalue weighted by Gasteiger charge is 2.26. The first-order valence-electron chi connectivity index (χ1n) is 9.34. The second kappa shape index (κ2) is 6.59. The van der Waals surface area contributed by atoms with Crippen molar-refractivity contribution in [2.75, 3.05) is 13.6 Å². The number of nitrogens with zero attached hydrogens (tertiary/aromatic N) is 4. The molecule has 5 nitrogen and oxygen atoms in total. The Kier molecular flexibility index (Phi) is 3.92. The summed E-state index contributed by atoms with van der Waals surface area (Å²) in [5, 5.41) is 18.3. The zero-order valence-corrected chi connectivity index (χ0v) is 15.6. The lowest BCUT2D eigenvalue weighted by molar-refractivity contribution is 0.294. The topological polar surface area (TPSA) is 68.6 Å². The van der Waals surface area contributed by atoms with Crippen LogP contribution in [0.4, 0.5) is 0 Å². The van der Waals surface area contributed by atoms with Crippen LogP contribution in [-0.2, 0) is 6.54 Å². The van der Waals surface area contributed by atoms with E-state index in [0.29, 0.717) is 11.6 Å². The van der Waals surface area contributed by atoms with Gasteiger partial charge in [-0.2, -0.15) is 5.26 Å². The second-order valence-electron chi connectivity index (χ2n) is 7.39. The molecule has 4 aromatic rings. The van der Waals surface area contributed by atoms with Gasteiger partial charge in [0.25, 0.3) is 0 Å². The summed E-state index contributed by atoms with van der Waals surface area (Å²) in [5.74, 6) is 0.308. The minimum absolute atomic E-state index is 0.308. The maximum Gasteiger partial charge on any atom is 0.163 e. The number of rotatable bonds is 2. The van der Waals surface area contributed by atoms with Crippen LogP contribution in [0, 0.1) is 11.3 Å². The average molecular weight is 365 g/mol. The van der Waals surface area contributed by atoms with Gasteiger partial charge in [0.15, 0.2) is 5.69 Å². The van der Waals surface area contributed by atoms with Gasteiger partial charge < -0.3 is 9.88 Å². The first kappa shape index (κ1) is 16.7. The number of likely N-dealkylation sites (N-methyl/N-ethyl adjacent to an activating group) is 1. The van der Waals surface area contributed by atoms with Crippen molar-refractivity contribution in [3.8, 4) is 17.3 Å². The number of aromatic nitrogens is 3. The first-order chi connectivity index (χ1) is 13.7. The van der Waals surface area contributed by atoms with E-state index in [9.17, 15) is 0 Å². The molecule has 1 aliphatic rings. The lowest BCUT2D eigenvalue weighted by Crippen LogP contribution is -2.31. The van der Waals surface area contributed by atoms with Gasteiger partial charge in [-0.3, -0.25) is 0 Å². The number of hydrogen-bond donors (Lipinski definition) is 1. The van der Waals surface area contributed by atoms with Gasteiger partial charge in [0.2, 0.25) is 0 Å². The molecule has 136 valence electrons. The van der Waals surface area contributed by atoms with Gasteiger partial charge in [0, 0.05) is 35.8 Å². The molecule has 2 aromatic heterocycles. The number of hydrogen-bond acceptors (Lipinski definition) is 4. The molecule has 1 N–H and O–H groups in total. The predicted octanol–water partition coefficient (Wildman–Crippen LogP) is 4.07. The summed E-state index contributed by atoms with van der Waals surface area (Å²) in [6.07, 6.45) is 0. The smallest absolute Gasteiger partial charge is 0.163 e. The number of nitrogens with one attached hydrogen (secondary N) is 1. The third-order valence-corrected chi connectivity index (χ3v) is 5.45. The number of H-pyrrole nitrogens is 1. The third kappa shape index (κ3) is 2.84. The zero-order chi connectivity index (χ0) is 19.1. The van der Waals surface area contributed by atoms with E-state index in [1.165, 1.54) is 27.7 Å². The minimum atomic E-state index is 0.308. The van der Waals surface area contributed by atoms with Crippen LogP contribution in [-0.4, -0.2) is 33.7 Å². The van der Waals surface area contributed by atoms with Crippen molar-refractivity contribution in [3.63, 3.8) is 0 Å². The Morgan fingerprint density at radius 1 is 1.07 bits per heavy atom. The van der Waals surface area contributed by atoms with Gasteiger partial charge in [-0.05, 0) is 53.9 Å². The Morgan fingerprint density at radius 3 is 2.75 bits per heavy atom. The standard InChI is InChI=1S/C23H19N5/c1-28-13-17-10-16(22-9-7-18(12-24)26-27-22)6-8-19(17)20(14-28)23-11-15-4-2-3-5-21(15)25-23/h2-11,20,25H,13-14H2,1H3. The largest absolute Gasteiger partial charge is 0.358 e. The van der Waals surface area contributed by atoms with Crippen LogP contribution < -0.4 is 0 Å². The molecule has 0 saturated heterocycles. The Hall–Kier alpha value is -3.49. The van der Waals surface area contributed by atoms with Crippen molar-refractivity contribution in [1.82, 2.24) is 20.1 Å². The fraction of sp³-hybridized carbons (Fsp3) is 0.174. The van der Waals surface area contributed by atoms with Crippen LogP contribution in [0.5, 0.6) is 0 Å². The van der Waals surface area contributed by atoms with E-state index >= 15 is 0 Å². The molecule has 0 radical (unpaired) electrons. The molecule has 3 heterocycles. The van der Waals surface area contributed by atoms with Crippen molar-refractivity contribution in [2.45, 2.75) is 12.5 Å². The van der Waals surface area contributed by atoms with Crippen LogP contribution in [0.15, 0.2) is 60.7 Å². The van der Waals surface area contributed by atoms with Gasteiger partial charge in [-0.1, -0.05) is 30.3 Å². The summed E-state index contributed by atoms with van der Waals surface area (Å²) in [6.45, 7) is 1.89. The van der Waals surface area contributed by atoms with Crippen molar-refractivity contribution in [1.29, 1.82) is 5.26 Å². The quantitative estimate of drug-likeness (QED) is 0.581. The van der Waals surface area contributed by atoms with Gasteiger partial charge in [0.05, 0.1) is 5.69 Å². The van der Waals surface area contributed by atoms with E-state index in [4.69, 9.17) is 5.26 Å². The van der Waals surface area contributed by atoms with Crippen LogP contribution in [0.2, 0.25) is 0 Å². The highest BCUT2D eigenvalue weighted by molar-refractivity contribution is 5.80. The van der Waals surface area contributed by atoms with Gasteiger partial charge in [0.1, 0.15) is 6.07 Å². The van der Waals surface area contributed by atoms with Crippen molar-refractivity contribution >= 4 is 10.9 Å². The van der Waals surface area contributed by atoms with Gasteiger partial charge in [-0.25, -0.2) is 0 Å². The summed E-state index contributed by atoms with van der Waals surface area (Å²) in [4.78, 5) is 5.96. The molecule has 0 fully saturated rings. The van der Waals surface area contributed by atoms with Gasteiger partial charge >= 0.3 is 0 Å². The average Bonchev–Trinajstić information content (AvgIpc) is 3.17. The molecule has 0 aliphatic carbocycles. The molecular formula is C23H19N5. The highest BCUT2D eigenvalue weighted by atomic mass is 15.1. The summed E-state index contributed by atoms with van der Waals surface area (Å²) in [6, 6.07) is 22.8. The number of aromatic amines is 1. The molecule has 5 rings (SSSR count). The van der Waals surface area contributed by atoms with Crippen LogP contribution in [0.3, 0.4) is 0 Å². The number of benzene rings is 2. The van der Waals surface area contributed by atoms with E-state index in [2.05, 4.69) is 75.7 Å². The maximum absolute atomic E-state index is 8.92. The van der Waals surface area contributed by atoms with E-state index in [-0.39, 0.29) is 0 Å².